The fraction of sp³-hybridized carbons (Fsp3) is 0.0690. The van der Waals surface area contributed by atoms with Gasteiger partial charge in [0.25, 0.3) is 0 Å². The average molecular weight is 1010 g/mol. The van der Waals surface area contributed by atoms with Crippen molar-refractivity contribution in [2.75, 3.05) is 0 Å². The van der Waals surface area contributed by atoms with E-state index in [0.29, 0.717) is 55.5 Å². The predicted molar refractivity (Wildman–Crippen MR) is 279 cm³/mol. The van der Waals surface area contributed by atoms with Crippen molar-refractivity contribution in [2.24, 2.45) is 0 Å². The van der Waals surface area contributed by atoms with E-state index in [1.165, 1.54) is 0 Å². The maximum absolute atomic E-state index is 14.9. The Morgan fingerprint density at radius 2 is 0.569 bits per heavy atom. The summed E-state index contributed by atoms with van der Waals surface area (Å²) in [5.74, 6) is -0.242. The summed E-state index contributed by atoms with van der Waals surface area (Å²) in [4.78, 5) is 0. The van der Waals surface area contributed by atoms with Crippen LogP contribution in [0.4, 0.5) is 26.3 Å². The Balaban J connectivity index is 1.47. The van der Waals surface area contributed by atoms with Crippen molar-refractivity contribution in [2.45, 2.75) is 26.2 Å². The van der Waals surface area contributed by atoms with E-state index in [2.05, 4.69) is 0 Å². The summed E-state index contributed by atoms with van der Waals surface area (Å²) in [6.07, 6.45) is -10.5. The van der Waals surface area contributed by atoms with Gasteiger partial charge in [-0.2, -0.15) is 0 Å². The molecule has 9 aromatic carbocycles. The molecule has 0 aliphatic heterocycles. The molecule has 9 aromatic rings. The first-order chi connectivity index (χ1) is 34.6. The second-order valence-electron chi connectivity index (χ2n) is 17.1. The van der Waals surface area contributed by atoms with Gasteiger partial charge in [0, 0.05) is 0 Å². The van der Waals surface area contributed by atoms with Gasteiger partial charge in [-0.1, -0.05) is 0 Å². The van der Waals surface area contributed by atoms with Crippen molar-refractivity contribution < 1.29 is 48.9 Å². The van der Waals surface area contributed by atoms with Crippen molar-refractivity contribution in [3.8, 4) is 17.2 Å². The molecule has 0 saturated heterocycles. The van der Waals surface area contributed by atoms with Crippen LogP contribution in [0.1, 0.15) is 22.3 Å². The standard InChI is InChI=1S/C58H47BF6O5P2/c1-44-33-37-48(38-34-44)67-71(51-21-9-3-10-22-51,52-23-11-4-12-24-52,53-25-13-5-14-26-53)69-59(66-50-42-46(57(60,61)62)41-47(43-50)58(63,64)65)70-72(54-27-15-6-16-28-54,55-29-17-7-18-30-55,56-31-19-8-20-32-56)68-49-39-35-45(2)36-40-49/h3-43H,1-2H3. The molecule has 0 spiro atoms. The summed E-state index contributed by atoms with van der Waals surface area (Å²) in [5, 5.41) is 2.65. The summed E-state index contributed by atoms with van der Waals surface area (Å²) in [6.45, 7) is 3.84. The third-order valence-corrected chi connectivity index (χ3v) is 22.0. The van der Waals surface area contributed by atoms with Crippen molar-refractivity contribution in [1.82, 2.24) is 0 Å². The first-order valence-corrected chi connectivity index (χ1v) is 27.0. The topological polar surface area (TPSA) is 46.2 Å². The van der Waals surface area contributed by atoms with Crippen LogP contribution in [0.3, 0.4) is 0 Å². The summed E-state index contributed by atoms with van der Waals surface area (Å²) in [6, 6.07) is 69.6. The molecule has 0 aromatic heterocycles. The van der Waals surface area contributed by atoms with Crippen LogP contribution in [-0.4, -0.2) is 7.32 Å². The second kappa shape index (κ2) is 19.8. The van der Waals surface area contributed by atoms with Crippen molar-refractivity contribution >= 4 is 53.3 Å². The molecule has 0 fully saturated rings. The van der Waals surface area contributed by atoms with Gasteiger partial charge in [-0.15, -0.1) is 0 Å². The minimum absolute atomic E-state index is 0.0421. The molecule has 0 unspecified atom stereocenters. The Morgan fingerprint density at radius 1 is 0.319 bits per heavy atom. The van der Waals surface area contributed by atoms with Crippen molar-refractivity contribution in [1.29, 1.82) is 0 Å². The molecule has 0 atom stereocenters. The van der Waals surface area contributed by atoms with E-state index < -0.39 is 50.7 Å². The van der Waals surface area contributed by atoms with Crippen molar-refractivity contribution in [3.63, 3.8) is 0 Å². The van der Waals surface area contributed by atoms with E-state index in [4.69, 9.17) is 22.6 Å². The van der Waals surface area contributed by atoms with Crippen LogP contribution in [0.15, 0.2) is 249 Å². The molecular weight excluding hydrogens is 963 g/mol. The fourth-order valence-electron chi connectivity index (χ4n) is 8.91. The third-order valence-electron chi connectivity index (χ3n) is 12.3. The Hall–Kier alpha value is -7.20. The number of aryl methyl sites for hydroxylation is 2. The van der Waals surface area contributed by atoms with Crippen LogP contribution in [0.25, 0.3) is 0 Å². The van der Waals surface area contributed by atoms with Gasteiger partial charge in [0.2, 0.25) is 0 Å². The van der Waals surface area contributed by atoms with Crippen LogP contribution in [0.5, 0.6) is 17.2 Å². The van der Waals surface area contributed by atoms with Gasteiger partial charge in [0.05, 0.1) is 0 Å². The van der Waals surface area contributed by atoms with Crippen LogP contribution >= 0.6 is 14.1 Å². The van der Waals surface area contributed by atoms with Gasteiger partial charge in [0.1, 0.15) is 0 Å². The summed E-state index contributed by atoms with van der Waals surface area (Å²) < 4.78 is 127. The number of benzene rings is 9. The Kier molecular flexibility index (Phi) is 13.7. The van der Waals surface area contributed by atoms with Gasteiger partial charge >= 0.3 is 417 Å². The number of rotatable bonds is 16. The van der Waals surface area contributed by atoms with Gasteiger partial charge in [0.15, 0.2) is 0 Å². The van der Waals surface area contributed by atoms with Crippen LogP contribution < -0.4 is 45.5 Å². The number of halogens is 6. The van der Waals surface area contributed by atoms with Gasteiger partial charge in [-0.3, -0.25) is 0 Å². The molecular formula is C58H47BF6O5P2. The van der Waals surface area contributed by atoms with Gasteiger partial charge in [-0.05, 0) is 0 Å². The first kappa shape index (κ1) is 49.8. The minimum atomic E-state index is -5.37. The quantitative estimate of drug-likeness (QED) is 0.0548. The number of hydrogen-bond acceptors (Lipinski definition) is 5. The fourth-order valence-corrected chi connectivity index (χ4v) is 18.4. The van der Waals surface area contributed by atoms with E-state index in [0.717, 1.165) is 11.1 Å². The molecule has 0 saturated carbocycles. The summed E-state index contributed by atoms with van der Waals surface area (Å²) >= 11 is 0. The van der Waals surface area contributed by atoms with E-state index in [1.54, 1.807) is 97.1 Å². The molecule has 0 radical (unpaired) electrons. The first-order valence-electron chi connectivity index (χ1n) is 22.9. The third kappa shape index (κ3) is 9.28. The van der Waals surface area contributed by atoms with Crippen molar-refractivity contribution in [3.05, 3.63) is 271 Å². The van der Waals surface area contributed by atoms with E-state index in [1.807, 2.05) is 147 Å². The average Bonchev–Trinajstić information content (AvgIpc) is 3.40. The Labute approximate surface area is 415 Å². The SMILES string of the molecule is Cc1ccc(OP(OB(Oc2cc(C(F)(F)F)cc(C(F)(F)F)c2)OP(Oc2ccc(C)cc2)(c2ccccc2)(c2ccccc2)c2ccccc2)(c2ccccc2)(c2ccccc2)c2ccccc2)cc1. The molecule has 0 bridgehead atoms. The molecule has 14 heteroatoms. The molecule has 0 aliphatic rings. The van der Waals surface area contributed by atoms with Gasteiger partial charge in [-0.25, -0.2) is 0 Å². The summed E-state index contributed by atoms with van der Waals surface area (Å²) in [7, 11) is -13.1. The zero-order chi connectivity index (χ0) is 50.5. The molecule has 364 valence electrons. The van der Waals surface area contributed by atoms with Crippen LogP contribution in [0, 0.1) is 13.8 Å². The summed E-state index contributed by atoms with van der Waals surface area (Å²) in [5.41, 5.74) is -1.40. The van der Waals surface area contributed by atoms with E-state index >= 15 is 0 Å². The van der Waals surface area contributed by atoms with E-state index in [9.17, 15) is 26.3 Å². The zero-order valence-electron chi connectivity index (χ0n) is 39.0. The predicted octanol–water partition coefficient (Wildman–Crippen LogP) is 13.6. The second-order valence-corrected chi connectivity index (χ2v) is 24.8. The molecule has 0 N–H and O–H groups in total. The van der Waals surface area contributed by atoms with Crippen LogP contribution in [-0.2, 0) is 21.2 Å². The maximum atomic E-state index is 14.9. The molecule has 0 heterocycles. The Morgan fingerprint density at radius 3 is 0.806 bits per heavy atom. The molecule has 0 aliphatic carbocycles. The van der Waals surface area contributed by atoms with Crippen LogP contribution in [0.2, 0.25) is 0 Å². The normalized spacial score (nSPS) is 13.2. The van der Waals surface area contributed by atoms with Gasteiger partial charge < -0.3 is 0 Å². The number of hydrogen-bond donors (Lipinski definition) is 0. The molecule has 72 heavy (non-hydrogen) atoms. The molecule has 9 rings (SSSR count). The monoisotopic (exact) mass is 1010 g/mol. The molecule has 5 nitrogen and oxygen atoms in total. The van der Waals surface area contributed by atoms with E-state index in [-0.39, 0.29) is 6.07 Å². The Bertz CT molecular complexity index is 2820. The zero-order valence-corrected chi connectivity index (χ0v) is 40.7. The molecule has 0 amide bonds. The number of alkyl halides is 6.